The number of nitrogens with zero attached hydrogens (tertiary/aromatic N) is 2. The summed E-state index contributed by atoms with van der Waals surface area (Å²) in [5, 5.41) is 11.7. The number of nitrogens with one attached hydrogen (secondary N) is 2. The highest BCUT2D eigenvalue weighted by atomic mass is 16.5. The van der Waals surface area contributed by atoms with Gasteiger partial charge in [0, 0.05) is 43.0 Å². The maximum atomic E-state index is 12.4. The van der Waals surface area contributed by atoms with E-state index in [4.69, 9.17) is 10.9 Å². The lowest BCUT2D eigenvalue weighted by molar-refractivity contribution is -0.124. The second-order valence-electron chi connectivity index (χ2n) is 7.29. The van der Waals surface area contributed by atoms with Crippen LogP contribution in [0.2, 0.25) is 0 Å². The van der Waals surface area contributed by atoms with Crippen LogP contribution in [0.25, 0.3) is 6.08 Å². The van der Waals surface area contributed by atoms with Crippen LogP contribution in [0.15, 0.2) is 66.2 Å². The fraction of sp³-hybridized carbons (Fsp3) is 0.318. The Morgan fingerprint density at radius 2 is 2.07 bits per heavy atom. The SMILES string of the molecule is NC(=Cc1ccccn1)C(=O)NC1CCN(C2=CC=CCC2/C=C/C(=O)NO)CC1. The van der Waals surface area contributed by atoms with Crippen molar-refractivity contribution in [2.24, 2.45) is 11.7 Å². The minimum atomic E-state index is -0.540. The number of rotatable bonds is 6. The van der Waals surface area contributed by atoms with Crippen LogP contribution in [0.3, 0.4) is 0 Å². The van der Waals surface area contributed by atoms with Crippen molar-refractivity contribution in [2.75, 3.05) is 13.1 Å². The molecule has 1 unspecified atom stereocenters. The van der Waals surface area contributed by atoms with Crippen LogP contribution in [0, 0.1) is 5.92 Å². The van der Waals surface area contributed by atoms with Crippen LogP contribution in [0.1, 0.15) is 25.0 Å². The number of hydroxylamine groups is 1. The van der Waals surface area contributed by atoms with E-state index in [2.05, 4.69) is 27.4 Å². The van der Waals surface area contributed by atoms with Crippen molar-refractivity contribution < 1.29 is 14.8 Å². The lowest BCUT2D eigenvalue weighted by atomic mass is 9.93. The molecule has 3 rings (SSSR count). The van der Waals surface area contributed by atoms with Crippen molar-refractivity contribution in [1.82, 2.24) is 20.7 Å². The fourth-order valence-corrected chi connectivity index (χ4v) is 3.63. The number of likely N-dealkylation sites (tertiary alicyclic amines) is 1. The normalized spacial score (nSPS) is 20.2. The third kappa shape index (κ3) is 5.81. The number of piperidine rings is 1. The highest BCUT2D eigenvalue weighted by Crippen LogP contribution is 2.28. The first kappa shape index (κ1) is 21.3. The number of carbonyl (C=O) groups is 2. The zero-order chi connectivity index (χ0) is 21.3. The molecule has 1 aliphatic carbocycles. The van der Waals surface area contributed by atoms with Crippen LogP contribution in [0.4, 0.5) is 0 Å². The van der Waals surface area contributed by atoms with E-state index >= 15 is 0 Å². The molecule has 158 valence electrons. The maximum Gasteiger partial charge on any atom is 0.267 e. The lowest BCUT2D eigenvalue weighted by Gasteiger charge is -2.38. The molecule has 8 nitrogen and oxygen atoms in total. The molecule has 2 amide bonds. The highest BCUT2D eigenvalue weighted by molar-refractivity contribution is 5.96. The first-order valence-corrected chi connectivity index (χ1v) is 10.00. The Bertz CT molecular complexity index is 868. The van der Waals surface area contributed by atoms with E-state index in [-0.39, 0.29) is 23.6 Å². The van der Waals surface area contributed by atoms with Gasteiger partial charge in [0.25, 0.3) is 11.8 Å². The van der Waals surface area contributed by atoms with E-state index < -0.39 is 5.91 Å². The number of nitrogens with two attached hydrogens (primary N) is 1. The number of pyridine rings is 1. The van der Waals surface area contributed by atoms with Gasteiger partial charge in [-0.25, -0.2) is 5.48 Å². The Labute approximate surface area is 175 Å². The average molecular weight is 409 g/mol. The van der Waals surface area contributed by atoms with Gasteiger partial charge in [0.15, 0.2) is 0 Å². The molecule has 5 N–H and O–H groups in total. The Morgan fingerprint density at radius 3 is 2.77 bits per heavy atom. The maximum absolute atomic E-state index is 12.4. The van der Waals surface area contributed by atoms with Gasteiger partial charge in [0.2, 0.25) is 0 Å². The summed E-state index contributed by atoms with van der Waals surface area (Å²) in [5.41, 5.74) is 9.46. The first-order chi connectivity index (χ1) is 14.6. The van der Waals surface area contributed by atoms with Gasteiger partial charge in [0.05, 0.1) is 11.4 Å². The quantitative estimate of drug-likeness (QED) is 0.321. The van der Waals surface area contributed by atoms with Crippen molar-refractivity contribution >= 4 is 17.9 Å². The summed E-state index contributed by atoms with van der Waals surface area (Å²) >= 11 is 0. The Balaban J connectivity index is 1.54. The molecule has 1 fully saturated rings. The third-order valence-electron chi connectivity index (χ3n) is 5.21. The van der Waals surface area contributed by atoms with E-state index in [9.17, 15) is 9.59 Å². The van der Waals surface area contributed by atoms with Gasteiger partial charge < -0.3 is 16.0 Å². The predicted octanol–water partition coefficient (Wildman–Crippen LogP) is 1.48. The molecule has 0 saturated carbocycles. The molecule has 1 aliphatic heterocycles. The topological polar surface area (TPSA) is 121 Å². The monoisotopic (exact) mass is 409 g/mol. The number of allylic oxidation sites excluding steroid dienone is 4. The number of hydrogen-bond acceptors (Lipinski definition) is 6. The molecule has 0 aromatic carbocycles. The summed E-state index contributed by atoms with van der Waals surface area (Å²) < 4.78 is 0. The molecule has 1 aromatic heterocycles. The van der Waals surface area contributed by atoms with Crippen LogP contribution in [0.5, 0.6) is 0 Å². The van der Waals surface area contributed by atoms with Crippen LogP contribution < -0.4 is 16.5 Å². The summed E-state index contributed by atoms with van der Waals surface area (Å²) in [6.45, 7) is 1.59. The van der Waals surface area contributed by atoms with Gasteiger partial charge in [-0.3, -0.25) is 19.8 Å². The van der Waals surface area contributed by atoms with E-state index in [1.807, 2.05) is 12.1 Å². The predicted molar refractivity (Wildman–Crippen MR) is 114 cm³/mol. The molecule has 30 heavy (non-hydrogen) atoms. The van der Waals surface area contributed by atoms with Gasteiger partial charge in [-0.05, 0) is 43.5 Å². The molecule has 0 radical (unpaired) electrons. The zero-order valence-corrected chi connectivity index (χ0v) is 16.7. The van der Waals surface area contributed by atoms with Crippen LogP contribution >= 0.6 is 0 Å². The van der Waals surface area contributed by atoms with E-state index in [1.165, 1.54) is 6.08 Å². The smallest absolute Gasteiger partial charge is 0.267 e. The lowest BCUT2D eigenvalue weighted by Crippen LogP contribution is -2.46. The van der Waals surface area contributed by atoms with Gasteiger partial charge in [-0.1, -0.05) is 24.3 Å². The molecule has 8 heteroatoms. The van der Waals surface area contributed by atoms with E-state index in [0.717, 1.165) is 38.0 Å². The Kier molecular flexibility index (Phi) is 7.40. The largest absolute Gasteiger partial charge is 0.394 e. The van der Waals surface area contributed by atoms with E-state index in [0.29, 0.717) is 5.69 Å². The van der Waals surface area contributed by atoms with E-state index in [1.54, 1.807) is 36.0 Å². The molecule has 1 saturated heterocycles. The van der Waals surface area contributed by atoms with Crippen molar-refractivity contribution in [3.63, 3.8) is 0 Å². The number of hydrogen-bond donors (Lipinski definition) is 4. The third-order valence-corrected chi connectivity index (χ3v) is 5.21. The molecule has 0 bridgehead atoms. The Hall–Kier alpha value is -3.39. The minimum absolute atomic E-state index is 0.0540. The molecular formula is C22H27N5O3. The summed E-state index contributed by atoms with van der Waals surface area (Å²) in [4.78, 5) is 30.1. The minimum Gasteiger partial charge on any atom is -0.394 e. The average Bonchev–Trinajstić information content (AvgIpc) is 2.79. The molecule has 1 aromatic rings. The summed E-state index contributed by atoms with van der Waals surface area (Å²) in [5.74, 6) is -0.744. The van der Waals surface area contributed by atoms with Crippen LogP contribution in [-0.4, -0.2) is 46.0 Å². The second-order valence-corrected chi connectivity index (χ2v) is 7.29. The van der Waals surface area contributed by atoms with Gasteiger partial charge in [-0.15, -0.1) is 0 Å². The van der Waals surface area contributed by atoms with Crippen molar-refractivity contribution in [3.05, 3.63) is 71.9 Å². The molecule has 0 spiro atoms. The van der Waals surface area contributed by atoms with Crippen molar-refractivity contribution in [3.8, 4) is 0 Å². The fourth-order valence-electron chi connectivity index (χ4n) is 3.63. The van der Waals surface area contributed by atoms with Crippen molar-refractivity contribution in [2.45, 2.75) is 25.3 Å². The first-order valence-electron chi connectivity index (χ1n) is 10.00. The molecule has 2 heterocycles. The summed E-state index contributed by atoms with van der Waals surface area (Å²) in [6, 6.07) is 5.49. The van der Waals surface area contributed by atoms with Gasteiger partial charge in [0.1, 0.15) is 0 Å². The standard InChI is InChI=1S/C22H27N5O3/c23-19(15-18-6-3-4-12-24-18)22(29)25-17-10-13-27(14-11-17)20-7-2-1-5-16(20)8-9-21(28)26-30/h1-4,6-9,12,15-17,30H,5,10-11,13-14,23H2,(H,25,29)(H,26,28)/b9-8+,19-15?. The van der Waals surface area contributed by atoms with Gasteiger partial charge in [-0.2, -0.15) is 0 Å². The summed E-state index contributed by atoms with van der Waals surface area (Å²) in [6.07, 6.45) is 14.9. The summed E-state index contributed by atoms with van der Waals surface area (Å²) in [7, 11) is 0. The molecule has 2 aliphatic rings. The molecular weight excluding hydrogens is 382 g/mol. The number of aromatic nitrogens is 1. The van der Waals surface area contributed by atoms with Crippen LogP contribution in [-0.2, 0) is 9.59 Å². The second kappa shape index (κ2) is 10.4. The zero-order valence-electron chi connectivity index (χ0n) is 16.7. The number of amides is 2. The Morgan fingerprint density at radius 1 is 1.27 bits per heavy atom. The molecule has 1 atom stereocenters. The van der Waals surface area contributed by atoms with Crippen molar-refractivity contribution in [1.29, 1.82) is 0 Å². The number of carbonyl (C=O) groups excluding carboxylic acids is 2. The van der Waals surface area contributed by atoms with Gasteiger partial charge >= 0.3 is 0 Å². The highest BCUT2D eigenvalue weighted by Gasteiger charge is 2.25.